The first-order valence-electron chi connectivity index (χ1n) is 11.0. The molecule has 7 nitrogen and oxygen atoms in total. The van der Waals surface area contributed by atoms with Crippen molar-refractivity contribution >= 4 is 17.6 Å². The van der Waals surface area contributed by atoms with Gasteiger partial charge in [0.25, 0.3) is 5.91 Å². The number of piperidine rings is 1. The van der Waals surface area contributed by atoms with Crippen LogP contribution in [0, 0.1) is 5.92 Å². The fourth-order valence-corrected chi connectivity index (χ4v) is 4.14. The summed E-state index contributed by atoms with van der Waals surface area (Å²) in [5, 5.41) is 0. The van der Waals surface area contributed by atoms with Crippen LogP contribution < -0.4 is 9.64 Å². The normalized spacial score (nSPS) is 20.7. The molecule has 3 rings (SSSR count). The van der Waals surface area contributed by atoms with Gasteiger partial charge in [-0.05, 0) is 52.8 Å². The molecule has 1 aromatic carbocycles. The van der Waals surface area contributed by atoms with Gasteiger partial charge in [-0.3, -0.25) is 9.59 Å². The summed E-state index contributed by atoms with van der Waals surface area (Å²) in [5.41, 5.74) is 0.0634. The van der Waals surface area contributed by atoms with E-state index in [1.165, 1.54) is 0 Å². The molecule has 1 atom stereocenters. The van der Waals surface area contributed by atoms with Crippen molar-refractivity contribution in [2.45, 2.75) is 39.2 Å². The van der Waals surface area contributed by atoms with E-state index >= 15 is 0 Å². The Balaban J connectivity index is 1.66. The summed E-state index contributed by atoms with van der Waals surface area (Å²) in [7, 11) is 2.07. The van der Waals surface area contributed by atoms with Crippen LogP contribution in [0.3, 0.4) is 0 Å². The van der Waals surface area contributed by atoms with E-state index in [2.05, 4.69) is 16.8 Å². The van der Waals surface area contributed by atoms with Crippen LogP contribution >= 0.6 is 0 Å². The Bertz CT molecular complexity index is 744. The number of piperazine rings is 1. The number of carbonyl (C=O) groups excluding carboxylic acids is 2. The minimum absolute atomic E-state index is 0.0151. The summed E-state index contributed by atoms with van der Waals surface area (Å²) >= 11 is 0. The van der Waals surface area contributed by atoms with Crippen molar-refractivity contribution < 1.29 is 19.1 Å². The van der Waals surface area contributed by atoms with Crippen molar-refractivity contribution in [1.29, 1.82) is 0 Å². The molecule has 1 amide bonds. The van der Waals surface area contributed by atoms with E-state index in [1.807, 2.05) is 49.9 Å². The summed E-state index contributed by atoms with van der Waals surface area (Å²) < 4.78 is 11.4. The first kappa shape index (κ1) is 22.4. The molecule has 0 N–H and O–H groups in total. The summed E-state index contributed by atoms with van der Waals surface area (Å²) in [6, 6.07) is 7.81. The Morgan fingerprint density at radius 3 is 2.57 bits per heavy atom. The second kappa shape index (κ2) is 9.69. The quantitative estimate of drug-likeness (QED) is 0.663. The molecule has 0 bridgehead atoms. The van der Waals surface area contributed by atoms with Crippen LogP contribution in [0.15, 0.2) is 24.3 Å². The molecule has 0 spiro atoms. The zero-order valence-corrected chi connectivity index (χ0v) is 18.7. The van der Waals surface area contributed by atoms with Crippen molar-refractivity contribution in [2.75, 3.05) is 57.8 Å². The average Bonchev–Trinajstić information content (AvgIpc) is 2.74. The van der Waals surface area contributed by atoms with Gasteiger partial charge in [-0.2, -0.15) is 0 Å². The van der Waals surface area contributed by atoms with Crippen LogP contribution in [0.4, 0.5) is 5.69 Å². The van der Waals surface area contributed by atoms with Crippen LogP contribution in [-0.4, -0.2) is 80.2 Å². The van der Waals surface area contributed by atoms with Gasteiger partial charge in [-0.1, -0.05) is 6.07 Å². The predicted molar refractivity (Wildman–Crippen MR) is 117 cm³/mol. The van der Waals surface area contributed by atoms with E-state index in [4.69, 9.17) is 9.47 Å². The van der Waals surface area contributed by atoms with Crippen molar-refractivity contribution in [3.8, 4) is 5.75 Å². The second-order valence-electron chi connectivity index (χ2n) is 8.74. The number of esters is 1. The fourth-order valence-electron chi connectivity index (χ4n) is 4.14. The standard InChI is InChI=1S/C23H35N3O4/c1-5-29-21(27)18-8-7-11-26(17-18)19-9-6-10-20(16-19)30-23(2,3)22(28)25-14-12-24(4)13-15-25/h6,9-10,16,18H,5,7-8,11-15,17H2,1-4H3/t18-/m1/s1. The number of carbonyl (C=O) groups is 2. The topological polar surface area (TPSA) is 62.3 Å². The lowest BCUT2D eigenvalue weighted by Crippen LogP contribution is -2.55. The monoisotopic (exact) mass is 417 g/mol. The molecule has 0 aromatic heterocycles. The number of ether oxygens (including phenoxy) is 2. The molecule has 30 heavy (non-hydrogen) atoms. The summed E-state index contributed by atoms with van der Waals surface area (Å²) in [4.78, 5) is 31.5. The molecule has 2 heterocycles. The highest BCUT2D eigenvalue weighted by Crippen LogP contribution is 2.29. The fraction of sp³-hybridized carbons (Fsp3) is 0.652. The molecule has 0 radical (unpaired) electrons. The number of hydrogen-bond acceptors (Lipinski definition) is 6. The Morgan fingerprint density at radius 2 is 1.87 bits per heavy atom. The molecular weight excluding hydrogens is 382 g/mol. The van der Waals surface area contributed by atoms with Crippen LogP contribution in [0.2, 0.25) is 0 Å². The Hall–Kier alpha value is -2.28. The third-order valence-electron chi connectivity index (χ3n) is 5.90. The number of likely N-dealkylation sites (N-methyl/N-ethyl adjacent to an activating group) is 1. The van der Waals surface area contributed by atoms with Gasteiger partial charge >= 0.3 is 5.97 Å². The predicted octanol–water partition coefficient (Wildman–Crippen LogP) is 2.40. The lowest BCUT2D eigenvalue weighted by atomic mass is 9.97. The van der Waals surface area contributed by atoms with Crippen molar-refractivity contribution in [1.82, 2.24) is 9.80 Å². The molecule has 2 saturated heterocycles. The zero-order valence-electron chi connectivity index (χ0n) is 18.7. The van der Waals surface area contributed by atoms with Gasteiger partial charge in [-0.15, -0.1) is 0 Å². The van der Waals surface area contributed by atoms with Gasteiger partial charge < -0.3 is 24.2 Å². The number of amides is 1. The lowest BCUT2D eigenvalue weighted by molar-refractivity contribution is -0.148. The average molecular weight is 418 g/mol. The van der Waals surface area contributed by atoms with Gasteiger partial charge in [0.05, 0.1) is 12.5 Å². The molecule has 1 aromatic rings. The van der Waals surface area contributed by atoms with Gasteiger partial charge in [-0.25, -0.2) is 0 Å². The largest absolute Gasteiger partial charge is 0.478 e. The third kappa shape index (κ3) is 5.45. The minimum atomic E-state index is -0.941. The van der Waals surface area contributed by atoms with Crippen molar-refractivity contribution in [2.24, 2.45) is 5.92 Å². The van der Waals surface area contributed by atoms with Crippen LogP contribution in [-0.2, 0) is 14.3 Å². The highest BCUT2D eigenvalue weighted by Gasteiger charge is 2.35. The maximum atomic E-state index is 13.0. The van der Waals surface area contributed by atoms with E-state index in [0.29, 0.717) is 18.9 Å². The van der Waals surface area contributed by atoms with Gasteiger partial charge in [0.2, 0.25) is 0 Å². The van der Waals surface area contributed by atoms with Crippen LogP contribution in [0.1, 0.15) is 33.6 Å². The Labute approximate surface area is 179 Å². The first-order valence-corrected chi connectivity index (χ1v) is 11.0. The van der Waals surface area contributed by atoms with Crippen LogP contribution in [0.25, 0.3) is 0 Å². The molecule has 0 aliphatic carbocycles. The maximum absolute atomic E-state index is 13.0. The number of benzene rings is 1. The maximum Gasteiger partial charge on any atom is 0.310 e. The second-order valence-corrected chi connectivity index (χ2v) is 8.74. The van der Waals surface area contributed by atoms with Gasteiger partial charge in [0.15, 0.2) is 5.60 Å². The Kier molecular flexibility index (Phi) is 7.23. The van der Waals surface area contributed by atoms with E-state index < -0.39 is 5.60 Å². The molecule has 166 valence electrons. The number of nitrogens with zero attached hydrogens (tertiary/aromatic N) is 3. The summed E-state index contributed by atoms with van der Waals surface area (Å²) in [6.07, 6.45) is 1.81. The van der Waals surface area contributed by atoms with E-state index in [-0.39, 0.29) is 17.8 Å². The molecule has 7 heteroatoms. The lowest BCUT2D eigenvalue weighted by Gasteiger charge is -2.37. The molecule has 2 aliphatic heterocycles. The molecule has 2 aliphatic rings. The number of hydrogen-bond donors (Lipinski definition) is 0. The molecule has 0 saturated carbocycles. The Morgan fingerprint density at radius 1 is 1.13 bits per heavy atom. The highest BCUT2D eigenvalue weighted by atomic mass is 16.5. The van der Waals surface area contributed by atoms with Gasteiger partial charge in [0, 0.05) is 51.0 Å². The van der Waals surface area contributed by atoms with Gasteiger partial charge in [0.1, 0.15) is 5.75 Å². The highest BCUT2D eigenvalue weighted by molar-refractivity contribution is 5.85. The number of anilines is 1. The van der Waals surface area contributed by atoms with E-state index in [1.54, 1.807) is 0 Å². The summed E-state index contributed by atoms with van der Waals surface area (Å²) in [6.45, 7) is 10.7. The van der Waals surface area contributed by atoms with Crippen LogP contribution in [0.5, 0.6) is 5.75 Å². The number of rotatable bonds is 6. The molecular formula is C23H35N3O4. The third-order valence-corrected chi connectivity index (χ3v) is 5.90. The minimum Gasteiger partial charge on any atom is -0.478 e. The summed E-state index contributed by atoms with van der Waals surface area (Å²) in [5.74, 6) is 0.464. The van der Waals surface area contributed by atoms with Crippen molar-refractivity contribution in [3.63, 3.8) is 0 Å². The van der Waals surface area contributed by atoms with E-state index in [9.17, 15) is 9.59 Å². The first-order chi connectivity index (χ1) is 14.3. The smallest absolute Gasteiger partial charge is 0.310 e. The molecule has 2 fully saturated rings. The zero-order chi connectivity index (χ0) is 21.7. The molecule has 0 unspecified atom stereocenters. The van der Waals surface area contributed by atoms with E-state index in [0.717, 1.165) is 51.3 Å². The van der Waals surface area contributed by atoms with Crippen molar-refractivity contribution in [3.05, 3.63) is 24.3 Å². The SMILES string of the molecule is CCOC(=O)[C@@H]1CCCN(c2cccc(OC(C)(C)C(=O)N3CCN(C)CC3)c2)C1.